The first kappa shape index (κ1) is 22.1. The summed E-state index contributed by atoms with van der Waals surface area (Å²) in [5.74, 6) is 4.23. The lowest BCUT2D eigenvalue weighted by Gasteiger charge is -2.30. The highest BCUT2D eigenvalue weighted by atomic mass is 35.5. The van der Waals surface area contributed by atoms with E-state index < -0.39 is 5.82 Å². The van der Waals surface area contributed by atoms with Gasteiger partial charge in [0.25, 0.3) is 0 Å². The van der Waals surface area contributed by atoms with E-state index in [4.69, 9.17) is 27.5 Å². The molecule has 0 unspecified atom stereocenters. The van der Waals surface area contributed by atoms with Gasteiger partial charge in [-0.05, 0) is 50.0 Å². The van der Waals surface area contributed by atoms with Crippen LogP contribution in [0.25, 0.3) is 10.9 Å². The number of hydrogen-bond donors (Lipinski definition) is 1. The summed E-state index contributed by atoms with van der Waals surface area (Å²) in [6.07, 6.45) is 8.88. The van der Waals surface area contributed by atoms with Crippen molar-refractivity contribution in [3.63, 3.8) is 0 Å². The minimum atomic E-state index is -0.540. The van der Waals surface area contributed by atoms with Gasteiger partial charge in [-0.25, -0.2) is 14.4 Å². The number of benzene rings is 2. The maximum Gasteiger partial charge on any atom is 0.165 e. The fraction of sp³-hybridized carbons (Fsp3) is 0.333. The highest BCUT2D eigenvalue weighted by Crippen LogP contribution is 2.36. The second-order valence-electron chi connectivity index (χ2n) is 7.70. The summed E-state index contributed by atoms with van der Waals surface area (Å²) >= 11 is 5.91. The Kier molecular flexibility index (Phi) is 6.93. The van der Waals surface area contributed by atoms with E-state index in [1.807, 2.05) is 6.07 Å². The number of nitrogens with one attached hydrogen (secondary N) is 1. The van der Waals surface area contributed by atoms with Crippen molar-refractivity contribution in [2.75, 3.05) is 38.7 Å². The van der Waals surface area contributed by atoms with Gasteiger partial charge >= 0.3 is 0 Å². The van der Waals surface area contributed by atoms with Crippen molar-refractivity contribution in [1.29, 1.82) is 0 Å². The third-order valence-electron chi connectivity index (χ3n) is 5.62. The Hall–Kier alpha value is -3.08. The number of rotatable bonds is 7. The number of terminal acetylenes is 1. The quantitative estimate of drug-likeness (QED) is 0.512. The molecule has 0 spiro atoms. The van der Waals surface area contributed by atoms with Crippen LogP contribution in [-0.2, 0) is 0 Å². The van der Waals surface area contributed by atoms with Gasteiger partial charge in [0.05, 0.1) is 36.5 Å². The first-order chi connectivity index (χ1) is 15.6. The highest BCUT2D eigenvalue weighted by Gasteiger charge is 2.20. The van der Waals surface area contributed by atoms with Crippen LogP contribution in [0.2, 0.25) is 5.02 Å². The Morgan fingerprint density at radius 2 is 2.06 bits per heavy atom. The van der Waals surface area contributed by atoms with Crippen LogP contribution in [-0.4, -0.2) is 48.2 Å². The monoisotopic (exact) mass is 454 g/mol. The number of fused-ring (bicyclic) bond motifs is 1. The molecule has 0 saturated carbocycles. The summed E-state index contributed by atoms with van der Waals surface area (Å²) in [4.78, 5) is 10.9. The fourth-order valence-corrected chi connectivity index (χ4v) is 3.99. The van der Waals surface area contributed by atoms with Gasteiger partial charge in [-0.3, -0.25) is 4.90 Å². The zero-order chi connectivity index (χ0) is 22.5. The van der Waals surface area contributed by atoms with E-state index in [0.29, 0.717) is 47.3 Å². The summed E-state index contributed by atoms with van der Waals surface area (Å²) < 4.78 is 26.1. The molecule has 3 aromatic rings. The van der Waals surface area contributed by atoms with E-state index in [9.17, 15) is 4.39 Å². The molecule has 1 aliphatic rings. The predicted molar refractivity (Wildman–Crippen MR) is 124 cm³/mol. The molecule has 1 aliphatic heterocycles. The number of methoxy groups -OCH3 is 1. The molecule has 1 saturated heterocycles. The second-order valence-corrected chi connectivity index (χ2v) is 8.11. The number of piperidine rings is 1. The Labute approximate surface area is 191 Å². The molecule has 166 valence electrons. The molecule has 1 N–H and O–H groups in total. The number of anilines is 2. The molecule has 8 heteroatoms. The Balaban J connectivity index is 1.56. The van der Waals surface area contributed by atoms with Gasteiger partial charge in [-0.1, -0.05) is 23.6 Å². The van der Waals surface area contributed by atoms with E-state index >= 15 is 0 Å². The van der Waals surface area contributed by atoms with E-state index in [1.54, 1.807) is 25.3 Å². The Morgan fingerprint density at radius 1 is 1.25 bits per heavy atom. The van der Waals surface area contributed by atoms with Crippen LogP contribution in [0.15, 0.2) is 36.7 Å². The molecule has 6 nitrogen and oxygen atoms in total. The van der Waals surface area contributed by atoms with Crippen LogP contribution in [0.3, 0.4) is 0 Å². The van der Waals surface area contributed by atoms with Crippen LogP contribution in [0.1, 0.15) is 12.8 Å². The van der Waals surface area contributed by atoms with Crippen LogP contribution in [0.4, 0.5) is 15.9 Å². The largest absolute Gasteiger partial charge is 0.493 e. The lowest BCUT2D eigenvalue weighted by Crippen LogP contribution is -2.35. The van der Waals surface area contributed by atoms with Crippen molar-refractivity contribution in [3.8, 4) is 23.8 Å². The van der Waals surface area contributed by atoms with Crippen molar-refractivity contribution in [3.05, 3.63) is 47.5 Å². The molecule has 0 atom stereocenters. The molecule has 32 heavy (non-hydrogen) atoms. The number of nitrogens with zero attached hydrogens (tertiary/aromatic N) is 3. The zero-order valence-electron chi connectivity index (χ0n) is 17.8. The average molecular weight is 455 g/mol. The average Bonchev–Trinajstić information content (AvgIpc) is 2.81. The number of halogens is 2. The first-order valence-electron chi connectivity index (χ1n) is 10.4. The fourth-order valence-electron chi connectivity index (χ4n) is 3.81. The van der Waals surface area contributed by atoms with Crippen LogP contribution in [0.5, 0.6) is 11.5 Å². The first-order valence-corrected chi connectivity index (χ1v) is 10.8. The predicted octanol–water partition coefficient (Wildman–Crippen LogP) is 4.90. The normalized spacial score (nSPS) is 14.8. The number of likely N-dealkylation sites (tertiary alicyclic amines) is 1. The summed E-state index contributed by atoms with van der Waals surface area (Å²) in [5, 5.41) is 3.74. The van der Waals surface area contributed by atoms with Crippen molar-refractivity contribution in [1.82, 2.24) is 14.9 Å². The number of hydrogen-bond acceptors (Lipinski definition) is 6. The summed E-state index contributed by atoms with van der Waals surface area (Å²) in [6, 6.07) is 8.38. The lowest BCUT2D eigenvalue weighted by atomic mass is 9.98. The highest BCUT2D eigenvalue weighted by molar-refractivity contribution is 6.31. The maximum atomic E-state index is 14.4. The zero-order valence-corrected chi connectivity index (χ0v) is 18.5. The Bertz CT molecular complexity index is 1140. The molecule has 0 amide bonds. The molecular formula is C24H24ClFN4O2. The summed E-state index contributed by atoms with van der Waals surface area (Å²) in [5.41, 5.74) is 0.881. The van der Waals surface area contributed by atoms with Crippen molar-refractivity contribution >= 4 is 34.0 Å². The van der Waals surface area contributed by atoms with Gasteiger partial charge in [0, 0.05) is 11.5 Å². The smallest absolute Gasteiger partial charge is 0.165 e. The van der Waals surface area contributed by atoms with Gasteiger partial charge < -0.3 is 14.8 Å². The summed E-state index contributed by atoms with van der Waals surface area (Å²) in [7, 11) is 1.59. The number of aromatic nitrogens is 2. The lowest BCUT2D eigenvalue weighted by molar-refractivity contribution is 0.149. The molecule has 2 heterocycles. The topological polar surface area (TPSA) is 59.5 Å². The molecule has 2 aromatic carbocycles. The molecule has 1 aromatic heterocycles. The Morgan fingerprint density at radius 3 is 2.81 bits per heavy atom. The molecule has 1 fully saturated rings. The van der Waals surface area contributed by atoms with Gasteiger partial charge in [0.1, 0.15) is 12.1 Å². The molecule has 0 radical (unpaired) electrons. The third-order valence-corrected chi connectivity index (χ3v) is 5.91. The van der Waals surface area contributed by atoms with Gasteiger partial charge in [0.15, 0.2) is 17.3 Å². The number of ether oxygens (including phenoxy) is 2. The summed E-state index contributed by atoms with van der Waals surface area (Å²) in [6.45, 7) is 3.21. The molecular weight excluding hydrogens is 431 g/mol. The minimum absolute atomic E-state index is 0.0346. The molecule has 4 rings (SSSR count). The second kappa shape index (κ2) is 10.0. The van der Waals surface area contributed by atoms with Crippen molar-refractivity contribution < 1.29 is 13.9 Å². The standard InChI is InChI=1S/C24H24ClFN4O2/c1-3-9-30-10-7-16(8-11-30)14-32-22-12-17-20(13-21(22)31-2)27-15-28-24(17)29-19-6-4-5-18(25)23(19)26/h1,4-6,12-13,15-16H,7-11,14H2,2H3,(H,27,28,29). The van der Waals surface area contributed by atoms with E-state index in [0.717, 1.165) is 25.9 Å². The van der Waals surface area contributed by atoms with Gasteiger partial charge in [-0.15, -0.1) is 6.42 Å². The van der Waals surface area contributed by atoms with Crippen LogP contribution >= 0.6 is 11.6 Å². The van der Waals surface area contributed by atoms with Crippen LogP contribution < -0.4 is 14.8 Å². The van der Waals surface area contributed by atoms with Crippen LogP contribution in [0, 0.1) is 24.1 Å². The SMILES string of the molecule is C#CCN1CCC(COc2cc3c(Nc4cccc(Cl)c4F)ncnc3cc2OC)CC1. The van der Waals surface area contributed by atoms with Crippen molar-refractivity contribution in [2.45, 2.75) is 12.8 Å². The minimum Gasteiger partial charge on any atom is -0.493 e. The molecule has 0 bridgehead atoms. The van der Waals surface area contributed by atoms with Crippen molar-refractivity contribution in [2.24, 2.45) is 5.92 Å². The van der Waals surface area contributed by atoms with E-state index in [-0.39, 0.29) is 10.7 Å². The third kappa shape index (κ3) is 4.87. The van der Waals surface area contributed by atoms with E-state index in [1.165, 1.54) is 12.4 Å². The maximum absolute atomic E-state index is 14.4. The molecule has 0 aliphatic carbocycles. The van der Waals surface area contributed by atoms with Gasteiger partial charge in [0.2, 0.25) is 0 Å². The van der Waals surface area contributed by atoms with E-state index in [2.05, 4.69) is 26.1 Å². The van der Waals surface area contributed by atoms with Gasteiger partial charge in [-0.2, -0.15) is 0 Å².